The molecule has 0 aliphatic rings. The third-order valence-corrected chi connectivity index (χ3v) is 5.01. The first-order valence-corrected chi connectivity index (χ1v) is 9.78. The van der Waals surface area contributed by atoms with Crippen molar-refractivity contribution in [3.63, 3.8) is 0 Å². The summed E-state index contributed by atoms with van der Waals surface area (Å²) in [5.41, 5.74) is 2.75. The van der Waals surface area contributed by atoms with Crippen LogP contribution in [0.5, 0.6) is 5.75 Å². The minimum atomic E-state index is -1.11. The summed E-state index contributed by atoms with van der Waals surface area (Å²) >= 11 is 0. The number of rotatable bonds is 5. The lowest BCUT2D eigenvalue weighted by Gasteiger charge is -2.11. The minimum absolute atomic E-state index is 0.483. The number of benzene rings is 3. The number of methoxy groups -OCH3 is 1. The topological polar surface area (TPSA) is 114 Å². The molecule has 3 N–H and O–H groups in total. The highest BCUT2D eigenvalue weighted by molar-refractivity contribution is 6.01. The summed E-state index contributed by atoms with van der Waals surface area (Å²) in [7, 11) is 1.62. The standard InChI is InChI=1S/C23H18N6O3/c1-32-17-12-6-14(7-13-17)21-26-27-22-19-5-3-2-4-18(19)20(28-29(21)22)24-15-8-10-16(11-9-15)25-23(30)31/h2-13,25H,1H3,(H,24,28)(H,30,31). The summed E-state index contributed by atoms with van der Waals surface area (Å²) in [5.74, 6) is 1.99. The highest BCUT2D eigenvalue weighted by Crippen LogP contribution is 2.30. The van der Waals surface area contributed by atoms with Crippen molar-refractivity contribution in [3.8, 4) is 17.1 Å². The Morgan fingerprint density at radius 2 is 1.59 bits per heavy atom. The first-order chi connectivity index (χ1) is 15.6. The number of carbonyl (C=O) groups is 1. The van der Waals surface area contributed by atoms with E-state index in [2.05, 4.69) is 20.8 Å². The molecule has 9 heteroatoms. The third kappa shape index (κ3) is 3.52. The normalized spacial score (nSPS) is 10.9. The van der Waals surface area contributed by atoms with Gasteiger partial charge in [-0.1, -0.05) is 24.3 Å². The van der Waals surface area contributed by atoms with Crippen molar-refractivity contribution in [1.82, 2.24) is 19.8 Å². The van der Waals surface area contributed by atoms with Crippen LogP contribution in [0.4, 0.5) is 22.0 Å². The van der Waals surface area contributed by atoms with Crippen LogP contribution in [0, 0.1) is 0 Å². The highest BCUT2D eigenvalue weighted by atomic mass is 16.5. The van der Waals surface area contributed by atoms with Gasteiger partial charge in [0, 0.05) is 27.7 Å². The number of nitrogens with one attached hydrogen (secondary N) is 2. The van der Waals surface area contributed by atoms with Crippen molar-refractivity contribution >= 4 is 39.7 Å². The summed E-state index contributed by atoms with van der Waals surface area (Å²) in [5, 5.41) is 29.8. The quantitative estimate of drug-likeness (QED) is 0.370. The summed E-state index contributed by atoms with van der Waals surface area (Å²) in [4.78, 5) is 10.8. The molecule has 0 saturated carbocycles. The van der Waals surface area contributed by atoms with Gasteiger partial charge in [0.05, 0.1) is 7.11 Å². The summed E-state index contributed by atoms with van der Waals surface area (Å²) < 4.78 is 6.96. The van der Waals surface area contributed by atoms with Crippen LogP contribution in [0.2, 0.25) is 0 Å². The molecule has 5 aromatic rings. The van der Waals surface area contributed by atoms with E-state index >= 15 is 0 Å². The van der Waals surface area contributed by atoms with Gasteiger partial charge in [0.1, 0.15) is 5.75 Å². The number of anilines is 3. The first kappa shape index (κ1) is 19.3. The molecule has 0 radical (unpaired) electrons. The fourth-order valence-electron chi connectivity index (χ4n) is 3.49. The van der Waals surface area contributed by atoms with E-state index in [9.17, 15) is 4.79 Å². The van der Waals surface area contributed by atoms with E-state index < -0.39 is 6.09 Å². The Balaban J connectivity index is 1.60. The van der Waals surface area contributed by atoms with E-state index in [-0.39, 0.29) is 0 Å². The van der Waals surface area contributed by atoms with Gasteiger partial charge in [-0.2, -0.15) is 4.52 Å². The van der Waals surface area contributed by atoms with Gasteiger partial charge < -0.3 is 15.2 Å². The van der Waals surface area contributed by atoms with Crippen LogP contribution >= 0.6 is 0 Å². The molecule has 5 rings (SSSR count). The molecule has 9 nitrogen and oxygen atoms in total. The van der Waals surface area contributed by atoms with Gasteiger partial charge in [-0.25, -0.2) is 4.79 Å². The Morgan fingerprint density at radius 1 is 0.906 bits per heavy atom. The molecule has 1 amide bonds. The number of hydrogen-bond donors (Lipinski definition) is 3. The van der Waals surface area contributed by atoms with Gasteiger partial charge >= 0.3 is 6.09 Å². The lowest BCUT2D eigenvalue weighted by atomic mass is 10.1. The first-order valence-electron chi connectivity index (χ1n) is 9.78. The molecule has 0 unspecified atom stereocenters. The SMILES string of the molecule is COc1ccc(-c2nnc3c4ccccc4c(Nc4ccc(NC(=O)O)cc4)nn23)cc1. The molecule has 0 bridgehead atoms. The highest BCUT2D eigenvalue weighted by Gasteiger charge is 2.15. The van der Waals surface area contributed by atoms with Crippen LogP contribution in [0.25, 0.3) is 27.8 Å². The van der Waals surface area contributed by atoms with Crippen molar-refractivity contribution in [1.29, 1.82) is 0 Å². The van der Waals surface area contributed by atoms with E-state index in [0.717, 1.165) is 27.8 Å². The smallest absolute Gasteiger partial charge is 0.409 e. The second kappa shape index (κ2) is 7.88. The molecule has 0 spiro atoms. The summed E-state index contributed by atoms with van der Waals surface area (Å²) in [6.07, 6.45) is -1.11. The zero-order chi connectivity index (χ0) is 22.1. The predicted molar refractivity (Wildman–Crippen MR) is 122 cm³/mol. The van der Waals surface area contributed by atoms with Crippen molar-refractivity contribution in [2.75, 3.05) is 17.7 Å². The van der Waals surface area contributed by atoms with Crippen molar-refractivity contribution < 1.29 is 14.6 Å². The largest absolute Gasteiger partial charge is 0.497 e. The fraction of sp³-hybridized carbons (Fsp3) is 0.0435. The Labute approximate surface area is 182 Å². The Bertz CT molecular complexity index is 1430. The molecule has 2 aromatic heterocycles. The molecule has 0 aliphatic heterocycles. The zero-order valence-electron chi connectivity index (χ0n) is 17.0. The van der Waals surface area contributed by atoms with Gasteiger partial charge in [-0.05, 0) is 48.5 Å². The average molecular weight is 426 g/mol. The van der Waals surface area contributed by atoms with Gasteiger partial charge in [0.2, 0.25) is 0 Å². The number of ether oxygens (including phenoxy) is 1. The van der Waals surface area contributed by atoms with E-state index in [1.807, 2.05) is 48.5 Å². The van der Waals surface area contributed by atoms with Gasteiger partial charge in [-0.15, -0.1) is 15.3 Å². The molecule has 0 aliphatic carbocycles. The van der Waals surface area contributed by atoms with E-state index in [1.54, 1.807) is 35.9 Å². The van der Waals surface area contributed by atoms with Crippen LogP contribution in [0.1, 0.15) is 0 Å². The molecule has 0 fully saturated rings. The third-order valence-electron chi connectivity index (χ3n) is 5.01. The van der Waals surface area contributed by atoms with Crippen LogP contribution in [-0.4, -0.2) is 38.1 Å². The lowest BCUT2D eigenvalue weighted by molar-refractivity contribution is 0.209. The maximum Gasteiger partial charge on any atom is 0.409 e. The monoisotopic (exact) mass is 426 g/mol. The van der Waals surface area contributed by atoms with E-state index in [0.29, 0.717) is 23.0 Å². The lowest BCUT2D eigenvalue weighted by Crippen LogP contribution is -2.07. The number of fused-ring (bicyclic) bond motifs is 3. The molecular formula is C23H18N6O3. The molecule has 2 heterocycles. The van der Waals surface area contributed by atoms with Gasteiger partial charge in [0.25, 0.3) is 0 Å². The maximum absolute atomic E-state index is 10.8. The molecule has 32 heavy (non-hydrogen) atoms. The van der Waals surface area contributed by atoms with Gasteiger partial charge in [0.15, 0.2) is 17.3 Å². The number of carboxylic acid groups (broad SMARTS) is 1. The van der Waals surface area contributed by atoms with Crippen molar-refractivity contribution in [2.24, 2.45) is 0 Å². The molecular weight excluding hydrogens is 408 g/mol. The molecule has 0 saturated heterocycles. The average Bonchev–Trinajstić information content (AvgIpc) is 3.24. The predicted octanol–water partition coefficient (Wildman–Crippen LogP) is 4.79. The van der Waals surface area contributed by atoms with Crippen molar-refractivity contribution in [2.45, 2.75) is 0 Å². The van der Waals surface area contributed by atoms with E-state index in [4.69, 9.17) is 14.9 Å². The number of aromatic nitrogens is 4. The van der Waals surface area contributed by atoms with Crippen LogP contribution in [0.15, 0.2) is 72.8 Å². The van der Waals surface area contributed by atoms with E-state index in [1.165, 1.54) is 0 Å². The van der Waals surface area contributed by atoms with Gasteiger partial charge in [-0.3, -0.25) is 5.32 Å². The molecule has 158 valence electrons. The Kier molecular flexibility index (Phi) is 4.75. The fourth-order valence-corrected chi connectivity index (χ4v) is 3.49. The summed E-state index contributed by atoms with van der Waals surface area (Å²) in [6, 6.07) is 22.3. The van der Waals surface area contributed by atoms with Crippen LogP contribution in [0.3, 0.4) is 0 Å². The number of hydrogen-bond acceptors (Lipinski definition) is 6. The Morgan fingerprint density at radius 3 is 2.28 bits per heavy atom. The molecule has 0 atom stereocenters. The Hall–Kier alpha value is -4.66. The number of nitrogens with zero attached hydrogens (tertiary/aromatic N) is 4. The maximum atomic E-state index is 10.8. The molecule has 3 aromatic carbocycles. The summed E-state index contributed by atoms with van der Waals surface area (Å²) in [6.45, 7) is 0. The second-order valence-corrected chi connectivity index (χ2v) is 7.01. The number of amides is 1. The van der Waals surface area contributed by atoms with Crippen LogP contribution in [-0.2, 0) is 0 Å². The second-order valence-electron chi connectivity index (χ2n) is 7.01. The minimum Gasteiger partial charge on any atom is -0.497 e. The van der Waals surface area contributed by atoms with Crippen molar-refractivity contribution in [3.05, 3.63) is 72.8 Å². The van der Waals surface area contributed by atoms with Crippen LogP contribution < -0.4 is 15.4 Å². The zero-order valence-corrected chi connectivity index (χ0v) is 17.0.